The molecule has 1 fully saturated rings. The maximum absolute atomic E-state index is 5.69. The molecule has 0 saturated carbocycles. The summed E-state index contributed by atoms with van der Waals surface area (Å²) in [6.45, 7) is 0.896. The van der Waals surface area contributed by atoms with Gasteiger partial charge in [-0.1, -0.05) is 22.0 Å². The molecule has 0 bridgehead atoms. The Hall–Kier alpha value is -0.620. The molecular weight excluding hydrogens is 308 g/mol. The van der Waals surface area contributed by atoms with Crippen LogP contribution in [-0.2, 0) is 4.74 Å². The van der Waals surface area contributed by atoms with Crippen LogP contribution in [0.4, 0.5) is 0 Å². The van der Waals surface area contributed by atoms with Gasteiger partial charge in [0.1, 0.15) is 5.75 Å². The van der Waals surface area contributed by atoms with E-state index in [1.165, 1.54) is 6.42 Å². The molecule has 1 aromatic carbocycles. The normalized spacial score (nSPS) is 20.5. The van der Waals surface area contributed by atoms with E-state index < -0.39 is 0 Å². The lowest BCUT2D eigenvalue weighted by atomic mass is 9.99. The second kappa shape index (κ2) is 7.24. The first-order valence-electron chi connectivity index (χ1n) is 6.65. The Morgan fingerprint density at radius 2 is 2.42 bits per heavy atom. The zero-order chi connectivity index (χ0) is 13.7. The summed E-state index contributed by atoms with van der Waals surface area (Å²) >= 11 is 3.45. The fourth-order valence-electron chi connectivity index (χ4n) is 2.53. The van der Waals surface area contributed by atoms with Gasteiger partial charge in [0.2, 0.25) is 0 Å². The van der Waals surface area contributed by atoms with Crippen molar-refractivity contribution < 1.29 is 9.47 Å². The summed E-state index contributed by atoms with van der Waals surface area (Å²) in [6.07, 6.45) is 4.69. The van der Waals surface area contributed by atoms with Gasteiger partial charge in [-0.3, -0.25) is 11.3 Å². The second-order valence-electron chi connectivity index (χ2n) is 4.82. The second-order valence-corrected chi connectivity index (χ2v) is 5.73. The molecule has 1 aliphatic rings. The van der Waals surface area contributed by atoms with Crippen LogP contribution in [0.2, 0.25) is 0 Å². The Morgan fingerprint density at radius 1 is 1.58 bits per heavy atom. The Kier molecular flexibility index (Phi) is 5.63. The highest BCUT2D eigenvalue weighted by Crippen LogP contribution is 2.31. The van der Waals surface area contributed by atoms with Crippen molar-refractivity contribution in [2.24, 2.45) is 5.84 Å². The van der Waals surface area contributed by atoms with Crippen molar-refractivity contribution in [3.05, 3.63) is 28.2 Å². The van der Waals surface area contributed by atoms with E-state index >= 15 is 0 Å². The van der Waals surface area contributed by atoms with Crippen molar-refractivity contribution >= 4 is 15.9 Å². The van der Waals surface area contributed by atoms with E-state index in [4.69, 9.17) is 15.3 Å². The van der Waals surface area contributed by atoms with E-state index in [1.807, 2.05) is 18.2 Å². The molecular formula is C14H21BrN2O2. The molecule has 1 aromatic rings. The molecule has 3 N–H and O–H groups in total. The first kappa shape index (κ1) is 14.8. The molecule has 1 heterocycles. The average molecular weight is 329 g/mol. The van der Waals surface area contributed by atoms with Crippen molar-refractivity contribution in [3.63, 3.8) is 0 Å². The summed E-state index contributed by atoms with van der Waals surface area (Å²) < 4.78 is 12.1. The van der Waals surface area contributed by atoms with Crippen molar-refractivity contribution in [2.75, 3.05) is 13.7 Å². The Morgan fingerprint density at radius 3 is 3.05 bits per heavy atom. The number of hydrazine groups is 1. The van der Waals surface area contributed by atoms with Crippen molar-refractivity contribution in [3.8, 4) is 5.75 Å². The Labute approximate surface area is 122 Å². The number of nitrogens with two attached hydrogens (primary N) is 1. The van der Waals surface area contributed by atoms with E-state index in [9.17, 15) is 0 Å². The molecule has 0 amide bonds. The third-order valence-corrected chi connectivity index (χ3v) is 4.07. The number of ether oxygens (including phenoxy) is 2. The molecule has 2 atom stereocenters. The molecule has 1 saturated heterocycles. The van der Waals surface area contributed by atoms with Crippen LogP contribution in [0.1, 0.15) is 37.3 Å². The van der Waals surface area contributed by atoms with Gasteiger partial charge in [0, 0.05) is 22.7 Å². The van der Waals surface area contributed by atoms with E-state index in [1.54, 1.807) is 7.11 Å². The maximum Gasteiger partial charge on any atom is 0.124 e. The van der Waals surface area contributed by atoms with Gasteiger partial charge in [-0.25, -0.2) is 0 Å². The minimum Gasteiger partial charge on any atom is -0.496 e. The predicted molar refractivity (Wildman–Crippen MR) is 79.0 cm³/mol. The van der Waals surface area contributed by atoms with E-state index in [-0.39, 0.29) is 6.04 Å². The molecule has 2 rings (SSSR count). The Balaban J connectivity index is 2.03. The van der Waals surface area contributed by atoms with Gasteiger partial charge in [-0.15, -0.1) is 0 Å². The molecule has 0 aromatic heterocycles. The topological polar surface area (TPSA) is 56.5 Å². The van der Waals surface area contributed by atoms with Gasteiger partial charge in [-0.2, -0.15) is 0 Å². The van der Waals surface area contributed by atoms with Crippen molar-refractivity contribution in [2.45, 2.75) is 37.8 Å². The standard InChI is InChI=1S/C14H21BrN2O2/c1-18-14-9-10(15)4-6-12(14)13(17-16)7-5-11-3-2-8-19-11/h4,6,9,11,13,17H,2-3,5,7-8,16H2,1H3. The molecule has 0 aliphatic carbocycles. The third kappa shape index (κ3) is 3.92. The highest BCUT2D eigenvalue weighted by molar-refractivity contribution is 9.10. The van der Waals surface area contributed by atoms with E-state index in [2.05, 4.69) is 21.4 Å². The number of benzene rings is 1. The van der Waals surface area contributed by atoms with E-state index in [0.717, 1.165) is 41.7 Å². The van der Waals surface area contributed by atoms with Crippen molar-refractivity contribution in [1.82, 2.24) is 5.43 Å². The lowest BCUT2D eigenvalue weighted by molar-refractivity contribution is 0.0995. The number of hydrogen-bond acceptors (Lipinski definition) is 4. The zero-order valence-electron chi connectivity index (χ0n) is 11.2. The molecule has 4 nitrogen and oxygen atoms in total. The number of nitrogens with one attached hydrogen (secondary N) is 1. The maximum atomic E-state index is 5.69. The van der Waals surface area contributed by atoms with Gasteiger partial charge in [0.05, 0.1) is 13.2 Å². The summed E-state index contributed by atoms with van der Waals surface area (Å²) in [5, 5.41) is 0. The number of halogens is 1. The lowest BCUT2D eigenvalue weighted by Crippen LogP contribution is -2.29. The van der Waals surface area contributed by atoms with Gasteiger partial charge < -0.3 is 9.47 Å². The van der Waals surface area contributed by atoms with Gasteiger partial charge in [0.15, 0.2) is 0 Å². The van der Waals surface area contributed by atoms with Crippen LogP contribution in [0, 0.1) is 0 Å². The predicted octanol–water partition coefficient (Wildman–Crippen LogP) is 2.92. The first-order valence-corrected chi connectivity index (χ1v) is 7.45. The van der Waals surface area contributed by atoms with Crippen LogP contribution >= 0.6 is 15.9 Å². The first-order chi connectivity index (χ1) is 9.24. The highest BCUT2D eigenvalue weighted by atomic mass is 79.9. The molecule has 1 aliphatic heterocycles. The summed E-state index contributed by atoms with van der Waals surface area (Å²) in [5.74, 6) is 6.54. The molecule has 106 valence electrons. The van der Waals surface area contributed by atoms with Crippen LogP contribution in [0.15, 0.2) is 22.7 Å². The van der Waals surface area contributed by atoms with Crippen LogP contribution in [-0.4, -0.2) is 19.8 Å². The van der Waals surface area contributed by atoms with Crippen LogP contribution in [0.5, 0.6) is 5.75 Å². The van der Waals surface area contributed by atoms with Crippen LogP contribution in [0.25, 0.3) is 0 Å². The van der Waals surface area contributed by atoms with Gasteiger partial charge >= 0.3 is 0 Å². The van der Waals surface area contributed by atoms with Crippen LogP contribution in [0.3, 0.4) is 0 Å². The summed E-state index contributed by atoms with van der Waals surface area (Å²) in [7, 11) is 1.68. The molecule has 0 radical (unpaired) electrons. The zero-order valence-corrected chi connectivity index (χ0v) is 12.8. The largest absolute Gasteiger partial charge is 0.496 e. The molecule has 2 unspecified atom stereocenters. The van der Waals surface area contributed by atoms with Gasteiger partial charge in [-0.05, 0) is 37.8 Å². The third-order valence-electron chi connectivity index (χ3n) is 3.57. The fourth-order valence-corrected chi connectivity index (χ4v) is 2.87. The number of rotatable bonds is 6. The van der Waals surface area contributed by atoms with Crippen LogP contribution < -0.4 is 16.0 Å². The highest BCUT2D eigenvalue weighted by Gasteiger charge is 2.20. The fraction of sp³-hybridized carbons (Fsp3) is 0.571. The van der Waals surface area contributed by atoms with E-state index in [0.29, 0.717) is 6.10 Å². The summed E-state index contributed by atoms with van der Waals surface area (Å²) in [4.78, 5) is 0. The SMILES string of the molecule is COc1cc(Br)ccc1C(CCC1CCCO1)NN. The lowest BCUT2D eigenvalue weighted by Gasteiger charge is -2.20. The van der Waals surface area contributed by atoms with Gasteiger partial charge in [0.25, 0.3) is 0 Å². The summed E-state index contributed by atoms with van der Waals surface area (Å²) in [6, 6.07) is 6.11. The quantitative estimate of drug-likeness (QED) is 0.622. The Bertz CT molecular complexity index is 408. The summed E-state index contributed by atoms with van der Waals surface area (Å²) in [5.41, 5.74) is 3.97. The molecule has 19 heavy (non-hydrogen) atoms. The smallest absolute Gasteiger partial charge is 0.124 e. The van der Waals surface area contributed by atoms with Crippen molar-refractivity contribution in [1.29, 1.82) is 0 Å². The average Bonchev–Trinajstić information content (AvgIpc) is 2.93. The molecule has 5 heteroatoms. The monoisotopic (exact) mass is 328 g/mol. The minimum absolute atomic E-state index is 0.0900. The molecule has 0 spiro atoms. The minimum atomic E-state index is 0.0900. The number of hydrogen-bond donors (Lipinski definition) is 2. The number of methoxy groups -OCH3 is 1.